The van der Waals surface area contributed by atoms with Crippen molar-refractivity contribution >= 4 is 51.5 Å². The minimum Gasteiger partial charge on any atom is -0.321 e. The molecule has 3 aromatic rings. The Morgan fingerprint density at radius 1 is 1.03 bits per heavy atom. The summed E-state index contributed by atoms with van der Waals surface area (Å²) in [7, 11) is -2.16. The molecule has 0 radical (unpaired) electrons. The van der Waals surface area contributed by atoms with E-state index in [1.54, 1.807) is 30.3 Å². The number of nitrogens with zero attached hydrogens (tertiary/aromatic N) is 1. The lowest BCUT2D eigenvalue weighted by molar-refractivity contribution is -0.137. The lowest BCUT2D eigenvalue weighted by atomic mass is 10.2. The lowest BCUT2D eigenvalue weighted by Crippen LogP contribution is -2.17. The Hall–Kier alpha value is -2.62. The Kier molecular flexibility index (Phi) is 6.64. The molecule has 3 rings (SSSR count). The van der Waals surface area contributed by atoms with Gasteiger partial charge in [-0.05, 0) is 36.4 Å². The van der Waals surface area contributed by atoms with E-state index in [-0.39, 0.29) is 21.3 Å². The zero-order valence-electron chi connectivity index (χ0n) is 14.8. The lowest BCUT2D eigenvalue weighted by Gasteiger charge is -2.13. The number of hydrogen-bond acceptors (Lipinski definition) is 3. The molecule has 1 atom stereocenters. The second-order valence-corrected chi connectivity index (χ2v) is 7.94. The molecule has 1 heterocycles. The van der Waals surface area contributed by atoms with Gasteiger partial charge in [0.1, 0.15) is 11.0 Å². The highest BCUT2D eigenvalue weighted by Crippen LogP contribution is 2.36. The molecule has 2 N–H and O–H groups in total. The van der Waals surface area contributed by atoms with Crippen molar-refractivity contribution in [2.45, 2.75) is 11.1 Å². The molecule has 5 nitrogen and oxygen atoms in total. The normalized spacial score (nSPS) is 12.3. The number of rotatable bonds is 5. The van der Waals surface area contributed by atoms with Gasteiger partial charge in [-0.15, -0.1) is 0 Å². The van der Waals surface area contributed by atoms with Gasteiger partial charge in [-0.1, -0.05) is 41.4 Å². The molecule has 1 aromatic heterocycles. The third-order valence-electron chi connectivity index (χ3n) is 3.76. The highest BCUT2D eigenvalue weighted by molar-refractivity contribution is 7.86. The number of hydrogen-bond donors (Lipinski definition) is 2. The molecule has 1 unspecified atom stereocenters. The van der Waals surface area contributed by atoms with Crippen LogP contribution in [0.5, 0.6) is 0 Å². The van der Waals surface area contributed by atoms with E-state index < -0.39 is 33.7 Å². The van der Waals surface area contributed by atoms with Crippen LogP contribution < -0.4 is 10.0 Å². The second kappa shape index (κ2) is 9.03. The van der Waals surface area contributed by atoms with Crippen molar-refractivity contribution in [3.05, 3.63) is 82.1 Å². The molecule has 0 bridgehead atoms. The zero-order chi connectivity index (χ0) is 21.9. The third-order valence-corrected chi connectivity index (χ3v) is 5.38. The Balaban J connectivity index is 1.89. The second-order valence-electron chi connectivity index (χ2n) is 5.88. The van der Waals surface area contributed by atoms with Crippen molar-refractivity contribution in [3.63, 3.8) is 0 Å². The molecule has 0 aliphatic carbocycles. The van der Waals surface area contributed by atoms with Gasteiger partial charge in [0.05, 0.1) is 26.2 Å². The highest BCUT2D eigenvalue weighted by Gasteiger charge is 2.33. The first-order chi connectivity index (χ1) is 14.1. The summed E-state index contributed by atoms with van der Waals surface area (Å²) in [6, 6.07) is 12.7. The number of pyridine rings is 1. The molecule has 0 saturated heterocycles. The average Bonchev–Trinajstić information content (AvgIpc) is 2.68. The minimum atomic E-state index is -4.71. The number of benzene rings is 2. The summed E-state index contributed by atoms with van der Waals surface area (Å²) in [6.07, 6.45) is -3.49. The van der Waals surface area contributed by atoms with E-state index in [0.29, 0.717) is 11.8 Å². The maximum Gasteiger partial charge on any atom is 0.417 e. The number of nitrogens with one attached hydrogen (secondary N) is 2. The van der Waals surface area contributed by atoms with Gasteiger partial charge in [-0.3, -0.25) is 9.52 Å². The van der Waals surface area contributed by atoms with Gasteiger partial charge in [0.2, 0.25) is 0 Å². The van der Waals surface area contributed by atoms with Crippen LogP contribution in [-0.2, 0) is 17.2 Å². The van der Waals surface area contributed by atoms with Gasteiger partial charge in [0, 0.05) is 11.9 Å². The molecule has 0 fully saturated rings. The quantitative estimate of drug-likeness (QED) is 0.492. The van der Waals surface area contributed by atoms with E-state index in [1.807, 2.05) is 0 Å². The Morgan fingerprint density at radius 2 is 1.73 bits per heavy atom. The molecule has 1 amide bonds. The van der Waals surface area contributed by atoms with E-state index in [0.717, 1.165) is 6.07 Å². The maximum absolute atomic E-state index is 13.1. The highest BCUT2D eigenvalue weighted by atomic mass is 35.5. The van der Waals surface area contributed by atoms with Crippen LogP contribution >= 0.6 is 23.2 Å². The molecule has 156 valence electrons. The smallest absolute Gasteiger partial charge is 0.321 e. The van der Waals surface area contributed by atoms with Crippen molar-refractivity contribution in [3.8, 4) is 0 Å². The summed E-state index contributed by atoms with van der Waals surface area (Å²) in [6.45, 7) is 0. The van der Waals surface area contributed by atoms with Crippen LogP contribution in [0.15, 0.2) is 65.7 Å². The standard InChI is InChI=1S/C19H12Cl2F3N3O2S/c20-11-8-16(17(25-10-11)18(28)26-12-4-2-1-3-5-12)27-30(29)13-6-7-15(21)14(9-13)19(22,23)24/h1-10,27H,(H,26,28). The van der Waals surface area contributed by atoms with Crippen LogP contribution in [0.4, 0.5) is 24.5 Å². The van der Waals surface area contributed by atoms with Gasteiger partial charge in [-0.2, -0.15) is 13.2 Å². The van der Waals surface area contributed by atoms with E-state index in [4.69, 9.17) is 23.2 Å². The summed E-state index contributed by atoms with van der Waals surface area (Å²) in [5, 5.41) is 2.24. The number of carbonyl (C=O) groups is 1. The molecule has 0 spiro atoms. The zero-order valence-corrected chi connectivity index (χ0v) is 17.2. The van der Waals surface area contributed by atoms with Crippen LogP contribution in [-0.4, -0.2) is 15.1 Å². The van der Waals surface area contributed by atoms with Gasteiger partial charge in [-0.25, -0.2) is 9.19 Å². The third kappa shape index (κ3) is 5.29. The van der Waals surface area contributed by atoms with Gasteiger partial charge < -0.3 is 5.32 Å². The van der Waals surface area contributed by atoms with Crippen molar-refractivity contribution in [2.75, 3.05) is 10.0 Å². The van der Waals surface area contributed by atoms with Crippen LogP contribution in [0, 0.1) is 0 Å². The van der Waals surface area contributed by atoms with Gasteiger partial charge >= 0.3 is 6.18 Å². The first-order valence-corrected chi connectivity index (χ1v) is 10.1. The molecule has 30 heavy (non-hydrogen) atoms. The van der Waals surface area contributed by atoms with Crippen molar-refractivity contribution in [2.24, 2.45) is 0 Å². The van der Waals surface area contributed by atoms with Crippen LogP contribution in [0.1, 0.15) is 16.1 Å². The van der Waals surface area contributed by atoms with Crippen LogP contribution in [0.3, 0.4) is 0 Å². The van der Waals surface area contributed by atoms with Crippen LogP contribution in [0.2, 0.25) is 10.0 Å². The number of aromatic nitrogens is 1. The number of halogens is 5. The number of para-hydroxylation sites is 1. The van der Waals surface area contributed by atoms with Crippen molar-refractivity contribution in [1.29, 1.82) is 0 Å². The van der Waals surface area contributed by atoms with E-state index in [9.17, 15) is 22.2 Å². The molecule has 0 aliphatic rings. The molecule has 2 aromatic carbocycles. The maximum atomic E-state index is 13.1. The van der Waals surface area contributed by atoms with Crippen molar-refractivity contribution in [1.82, 2.24) is 4.98 Å². The van der Waals surface area contributed by atoms with Crippen molar-refractivity contribution < 1.29 is 22.2 Å². The summed E-state index contributed by atoms with van der Waals surface area (Å²) in [5.74, 6) is -0.621. The molecular formula is C19H12Cl2F3N3O2S. The largest absolute Gasteiger partial charge is 0.417 e. The van der Waals surface area contributed by atoms with Gasteiger partial charge in [0.25, 0.3) is 5.91 Å². The summed E-state index contributed by atoms with van der Waals surface area (Å²) in [5.41, 5.74) is -0.777. The first-order valence-electron chi connectivity index (χ1n) is 8.22. The van der Waals surface area contributed by atoms with Crippen LogP contribution in [0.25, 0.3) is 0 Å². The SMILES string of the molecule is O=C(Nc1ccccc1)c1ncc(Cl)cc1NS(=O)c1ccc(Cl)c(C(F)(F)F)c1. The predicted octanol–water partition coefficient (Wildman–Crippen LogP) is 5.79. The van der Waals surface area contributed by atoms with Gasteiger partial charge in [0.15, 0.2) is 5.69 Å². The minimum absolute atomic E-state index is 0.0160. The fraction of sp³-hybridized carbons (Fsp3) is 0.0526. The number of alkyl halides is 3. The molecule has 0 saturated carbocycles. The number of anilines is 2. The topological polar surface area (TPSA) is 71.1 Å². The summed E-state index contributed by atoms with van der Waals surface area (Å²) in [4.78, 5) is 16.3. The Bertz CT molecular complexity index is 1110. The van der Waals surface area contributed by atoms with E-state index in [2.05, 4.69) is 15.0 Å². The average molecular weight is 474 g/mol. The number of amides is 1. The van der Waals surface area contributed by atoms with E-state index >= 15 is 0 Å². The monoisotopic (exact) mass is 473 g/mol. The summed E-state index contributed by atoms with van der Waals surface area (Å²) < 4.78 is 54.3. The fourth-order valence-corrected chi connectivity index (χ4v) is 3.68. The Labute approximate surface area is 181 Å². The molecular weight excluding hydrogens is 462 g/mol. The fourth-order valence-electron chi connectivity index (χ4n) is 2.41. The number of carbonyl (C=O) groups excluding carboxylic acids is 1. The molecule has 11 heteroatoms. The Morgan fingerprint density at radius 3 is 2.40 bits per heavy atom. The predicted molar refractivity (Wildman–Crippen MR) is 110 cm³/mol. The van der Waals surface area contributed by atoms with E-state index in [1.165, 1.54) is 18.3 Å². The molecule has 0 aliphatic heterocycles. The summed E-state index contributed by atoms with van der Waals surface area (Å²) >= 11 is 11.5. The first kappa shape index (κ1) is 22.1.